The molecule has 2 fully saturated rings. The number of halogens is 1. The molecule has 180 valence electrons. The Morgan fingerprint density at radius 2 is 2.00 bits per heavy atom. The molecule has 0 spiro atoms. The van der Waals surface area contributed by atoms with Crippen molar-refractivity contribution in [1.82, 2.24) is 20.5 Å². The van der Waals surface area contributed by atoms with Gasteiger partial charge in [0.15, 0.2) is 5.96 Å². The molecule has 1 saturated carbocycles. The fourth-order valence-corrected chi connectivity index (χ4v) is 4.05. The Morgan fingerprint density at radius 3 is 2.67 bits per heavy atom. The Labute approximate surface area is 214 Å². The molecular formula is C25H36IN5O2. The Kier molecular flexibility index (Phi) is 10.1. The molecule has 33 heavy (non-hydrogen) atoms. The highest BCUT2D eigenvalue weighted by atomic mass is 127. The third-order valence-corrected chi connectivity index (χ3v) is 6.17. The summed E-state index contributed by atoms with van der Waals surface area (Å²) in [5, 5.41) is 6.92. The fraction of sp³-hybridized carbons (Fsp3) is 0.520. The summed E-state index contributed by atoms with van der Waals surface area (Å²) in [4.78, 5) is 11.4. The van der Waals surface area contributed by atoms with E-state index in [4.69, 9.17) is 9.47 Å². The van der Waals surface area contributed by atoms with Gasteiger partial charge in [0.2, 0.25) is 5.88 Å². The van der Waals surface area contributed by atoms with Crippen LogP contribution in [-0.2, 0) is 6.54 Å². The summed E-state index contributed by atoms with van der Waals surface area (Å²) < 4.78 is 11.2. The predicted molar refractivity (Wildman–Crippen MR) is 143 cm³/mol. The number of guanidine groups is 1. The molecule has 7 nitrogen and oxygen atoms in total. The van der Waals surface area contributed by atoms with Gasteiger partial charge in [-0.1, -0.05) is 18.2 Å². The zero-order chi connectivity index (χ0) is 22.2. The SMILES string of the molecule is CN=C(NCc1ccc(OCC2CC2)nc1)NCC(c1cccc(OC)c1)N1CCCC1.I. The summed E-state index contributed by atoms with van der Waals surface area (Å²) in [5.74, 6) is 3.11. The molecule has 1 aromatic carbocycles. The van der Waals surface area contributed by atoms with Gasteiger partial charge in [0, 0.05) is 32.4 Å². The van der Waals surface area contributed by atoms with Gasteiger partial charge in [0.1, 0.15) is 5.75 Å². The lowest BCUT2D eigenvalue weighted by Crippen LogP contribution is -2.42. The largest absolute Gasteiger partial charge is 0.497 e. The molecule has 0 radical (unpaired) electrons. The molecule has 1 aliphatic heterocycles. The number of nitrogens with one attached hydrogen (secondary N) is 2. The second-order valence-corrected chi connectivity index (χ2v) is 8.60. The molecule has 2 N–H and O–H groups in total. The van der Waals surface area contributed by atoms with Gasteiger partial charge in [-0.15, -0.1) is 24.0 Å². The Morgan fingerprint density at radius 1 is 1.18 bits per heavy atom. The second-order valence-electron chi connectivity index (χ2n) is 8.60. The van der Waals surface area contributed by atoms with E-state index in [9.17, 15) is 0 Å². The molecule has 4 rings (SSSR count). The number of nitrogens with zero attached hydrogens (tertiary/aromatic N) is 3. The summed E-state index contributed by atoms with van der Waals surface area (Å²) in [5.41, 5.74) is 2.36. The lowest BCUT2D eigenvalue weighted by Gasteiger charge is -2.29. The van der Waals surface area contributed by atoms with E-state index in [2.05, 4.69) is 49.8 Å². The number of likely N-dealkylation sites (tertiary alicyclic amines) is 1. The predicted octanol–water partition coefficient (Wildman–Crippen LogP) is 4.00. The minimum atomic E-state index is 0. The fourth-order valence-electron chi connectivity index (χ4n) is 4.05. The topological polar surface area (TPSA) is 71.0 Å². The molecule has 2 aliphatic rings. The first-order valence-corrected chi connectivity index (χ1v) is 11.7. The molecule has 0 amide bonds. The van der Waals surface area contributed by atoms with Gasteiger partial charge in [-0.05, 0) is 68.0 Å². The summed E-state index contributed by atoms with van der Waals surface area (Å²) in [6.07, 6.45) is 6.93. The van der Waals surface area contributed by atoms with Gasteiger partial charge in [0.05, 0.1) is 19.8 Å². The number of hydrogen-bond acceptors (Lipinski definition) is 5. The van der Waals surface area contributed by atoms with Gasteiger partial charge in [0.25, 0.3) is 0 Å². The van der Waals surface area contributed by atoms with E-state index in [0.29, 0.717) is 12.4 Å². The van der Waals surface area contributed by atoms with E-state index in [0.717, 1.165) is 49.4 Å². The highest BCUT2D eigenvalue weighted by Crippen LogP contribution is 2.29. The maximum absolute atomic E-state index is 5.72. The van der Waals surface area contributed by atoms with E-state index < -0.39 is 0 Å². The van der Waals surface area contributed by atoms with Crippen LogP contribution in [0.2, 0.25) is 0 Å². The molecule has 0 bridgehead atoms. The molecular weight excluding hydrogens is 529 g/mol. The molecule has 1 aromatic heterocycles. The molecule has 1 aliphatic carbocycles. The van der Waals surface area contributed by atoms with Crippen molar-refractivity contribution < 1.29 is 9.47 Å². The van der Waals surface area contributed by atoms with Crippen LogP contribution in [0.1, 0.15) is 42.9 Å². The lowest BCUT2D eigenvalue weighted by atomic mass is 10.1. The quantitative estimate of drug-likeness (QED) is 0.258. The van der Waals surface area contributed by atoms with Crippen molar-refractivity contribution in [2.24, 2.45) is 10.9 Å². The molecule has 1 atom stereocenters. The van der Waals surface area contributed by atoms with Crippen LogP contribution in [0, 0.1) is 5.92 Å². The van der Waals surface area contributed by atoms with Gasteiger partial charge < -0.3 is 20.1 Å². The zero-order valence-electron chi connectivity index (χ0n) is 19.6. The first-order valence-electron chi connectivity index (χ1n) is 11.7. The van der Waals surface area contributed by atoms with E-state index in [1.807, 2.05) is 18.3 Å². The van der Waals surface area contributed by atoms with Gasteiger partial charge >= 0.3 is 0 Å². The first-order chi connectivity index (χ1) is 15.7. The van der Waals surface area contributed by atoms with Crippen molar-refractivity contribution in [2.75, 3.05) is 40.4 Å². The number of aliphatic imine (C=N–C) groups is 1. The van der Waals surface area contributed by atoms with Crippen LogP contribution >= 0.6 is 24.0 Å². The second kappa shape index (κ2) is 13.0. The number of benzene rings is 1. The van der Waals surface area contributed by atoms with Crippen LogP contribution in [0.4, 0.5) is 0 Å². The van der Waals surface area contributed by atoms with E-state index in [-0.39, 0.29) is 30.0 Å². The third kappa shape index (κ3) is 7.74. The van der Waals surface area contributed by atoms with Crippen LogP contribution in [0.3, 0.4) is 0 Å². The number of aromatic nitrogens is 1. The van der Waals surface area contributed by atoms with Gasteiger partial charge in [-0.25, -0.2) is 4.98 Å². The Bertz CT molecular complexity index is 883. The van der Waals surface area contributed by atoms with Crippen LogP contribution in [0.25, 0.3) is 0 Å². The summed E-state index contributed by atoms with van der Waals surface area (Å²) in [6.45, 7) is 4.46. The van der Waals surface area contributed by atoms with E-state index in [1.54, 1.807) is 14.2 Å². The Balaban J connectivity index is 0.00000306. The lowest BCUT2D eigenvalue weighted by molar-refractivity contribution is 0.245. The number of ether oxygens (including phenoxy) is 2. The maximum Gasteiger partial charge on any atom is 0.213 e. The monoisotopic (exact) mass is 565 g/mol. The van der Waals surface area contributed by atoms with Crippen LogP contribution in [0.15, 0.2) is 47.6 Å². The van der Waals surface area contributed by atoms with Crippen molar-refractivity contribution in [1.29, 1.82) is 0 Å². The maximum atomic E-state index is 5.72. The van der Waals surface area contributed by atoms with Gasteiger partial charge in [-0.2, -0.15) is 0 Å². The van der Waals surface area contributed by atoms with E-state index in [1.165, 1.54) is 31.2 Å². The average Bonchev–Trinajstić information content (AvgIpc) is 3.52. The van der Waals surface area contributed by atoms with Crippen molar-refractivity contribution in [3.63, 3.8) is 0 Å². The van der Waals surface area contributed by atoms with Crippen molar-refractivity contribution in [3.05, 3.63) is 53.7 Å². The van der Waals surface area contributed by atoms with E-state index >= 15 is 0 Å². The van der Waals surface area contributed by atoms with Crippen molar-refractivity contribution in [3.8, 4) is 11.6 Å². The highest BCUT2D eigenvalue weighted by molar-refractivity contribution is 14.0. The highest BCUT2D eigenvalue weighted by Gasteiger charge is 2.24. The first kappa shape index (κ1) is 25.6. The smallest absolute Gasteiger partial charge is 0.213 e. The molecule has 8 heteroatoms. The summed E-state index contributed by atoms with van der Waals surface area (Å²) in [6, 6.07) is 12.7. The molecule has 1 unspecified atom stereocenters. The zero-order valence-corrected chi connectivity index (χ0v) is 22.0. The molecule has 1 saturated heterocycles. The minimum absolute atomic E-state index is 0. The third-order valence-electron chi connectivity index (χ3n) is 6.17. The van der Waals surface area contributed by atoms with Crippen molar-refractivity contribution in [2.45, 2.75) is 38.3 Å². The van der Waals surface area contributed by atoms with Crippen molar-refractivity contribution >= 4 is 29.9 Å². The number of hydrogen-bond donors (Lipinski definition) is 2. The summed E-state index contributed by atoms with van der Waals surface area (Å²) in [7, 11) is 3.52. The van der Waals surface area contributed by atoms with Gasteiger partial charge in [-0.3, -0.25) is 9.89 Å². The summed E-state index contributed by atoms with van der Waals surface area (Å²) >= 11 is 0. The van der Waals surface area contributed by atoms with Crippen LogP contribution in [-0.4, -0.2) is 56.2 Å². The van der Waals surface area contributed by atoms with Crippen LogP contribution < -0.4 is 20.1 Å². The molecule has 2 aromatic rings. The Hall–Kier alpha value is -2.07. The average molecular weight is 566 g/mol. The normalized spacial score (nSPS) is 17.2. The molecule has 2 heterocycles. The van der Waals surface area contributed by atoms with Crippen LogP contribution in [0.5, 0.6) is 11.6 Å². The standard InChI is InChI=1S/C25H35N5O2.HI/c1-26-25(28-16-20-10-11-24(27-15-20)32-18-19-8-9-19)29-17-23(30-12-3-4-13-30)21-6-5-7-22(14-21)31-2;/h5-7,10-11,14-15,19,23H,3-4,8-9,12-13,16-18H2,1-2H3,(H2,26,28,29);1H. The number of methoxy groups -OCH3 is 1. The number of rotatable bonds is 10. The number of pyridine rings is 1. The minimum Gasteiger partial charge on any atom is -0.497 e.